The maximum Gasteiger partial charge on any atom is 0.264 e. The van der Waals surface area contributed by atoms with Gasteiger partial charge in [0.1, 0.15) is 5.75 Å². The normalized spacial score (nSPS) is 10.7. The summed E-state index contributed by atoms with van der Waals surface area (Å²) in [5.74, 6) is 0.123. The molecule has 1 aromatic heterocycles. The molecule has 0 unspecified atom stereocenters. The van der Waals surface area contributed by atoms with E-state index in [0.717, 1.165) is 10.4 Å². The first kappa shape index (κ1) is 20.2. The molecule has 0 spiro atoms. The molecule has 1 amide bonds. The summed E-state index contributed by atoms with van der Waals surface area (Å²) >= 11 is 25.3. The molecule has 1 heterocycles. The Morgan fingerprint density at radius 2 is 1.81 bits per heavy atom. The number of amides is 1. The van der Waals surface area contributed by atoms with Crippen LogP contribution in [0.4, 0.5) is 5.13 Å². The lowest BCUT2D eigenvalue weighted by molar-refractivity contribution is -0.118. The smallest absolute Gasteiger partial charge is 0.264 e. The quantitative estimate of drug-likeness (QED) is 0.464. The lowest BCUT2D eigenvalue weighted by Gasteiger charge is -2.06. The van der Waals surface area contributed by atoms with Crippen LogP contribution in [-0.4, -0.2) is 17.5 Å². The standard InChI is InChI=1S/C18H12Cl4N2O2S/c19-11-1-3-14(20)10(5-11)6-13-8-23-18(27-13)24-17(25)9-26-12-2-4-15(21)16(22)7-12/h1-5,7-8H,6,9H2,(H,23,24,25). The molecule has 140 valence electrons. The molecule has 4 nitrogen and oxygen atoms in total. The monoisotopic (exact) mass is 460 g/mol. The van der Waals surface area contributed by atoms with E-state index in [1.807, 2.05) is 6.07 Å². The molecule has 0 bridgehead atoms. The van der Waals surface area contributed by atoms with Crippen LogP contribution < -0.4 is 10.1 Å². The lowest BCUT2D eigenvalue weighted by atomic mass is 10.1. The number of anilines is 1. The predicted octanol–water partition coefficient (Wildman–Crippen LogP) is 6.37. The number of carbonyl (C=O) groups excluding carboxylic acids is 1. The summed E-state index contributed by atoms with van der Waals surface area (Å²) in [4.78, 5) is 17.2. The van der Waals surface area contributed by atoms with Crippen molar-refractivity contribution in [3.8, 4) is 5.75 Å². The second-order valence-corrected chi connectivity index (χ2v) is 8.23. The zero-order valence-electron chi connectivity index (χ0n) is 13.6. The zero-order chi connectivity index (χ0) is 19.4. The number of benzene rings is 2. The largest absolute Gasteiger partial charge is 0.484 e. The minimum atomic E-state index is -0.331. The van der Waals surface area contributed by atoms with Gasteiger partial charge in [0.15, 0.2) is 11.7 Å². The number of carbonyl (C=O) groups is 1. The van der Waals surface area contributed by atoms with E-state index in [-0.39, 0.29) is 12.5 Å². The van der Waals surface area contributed by atoms with Gasteiger partial charge in [-0.05, 0) is 35.9 Å². The van der Waals surface area contributed by atoms with E-state index < -0.39 is 0 Å². The van der Waals surface area contributed by atoms with Gasteiger partial charge in [-0.1, -0.05) is 46.4 Å². The Kier molecular flexibility index (Phi) is 6.84. The second kappa shape index (κ2) is 9.13. The maximum absolute atomic E-state index is 12.0. The fourth-order valence-corrected chi connectivity index (χ4v) is 3.70. The van der Waals surface area contributed by atoms with Gasteiger partial charge in [-0.15, -0.1) is 11.3 Å². The molecule has 0 saturated carbocycles. The van der Waals surface area contributed by atoms with Crippen molar-refractivity contribution in [2.45, 2.75) is 6.42 Å². The van der Waals surface area contributed by atoms with Crippen molar-refractivity contribution in [1.82, 2.24) is 4.98 Å². The van der Waals surface area contributed by atoms with Crippen molar-refractivity contribution >= 4 is 68.8 Å². The Bertz CT molecular complexity index is 978. The topological polar surface area (TPSA) is 51.2 Å². The van der Waals surface area contributed by atoms with E-state index in [1.54, 1.807) is 36.5 Å². The van der Waals surface area contributed by atoms with Crippen LogP contribution in [0.2, 0.25) is 20.1 Å². The van der Waals surface area contributed by atoms with E-state index in [9.17, 15) is 4.79 Å². The summed E-state index contributed by atoms with van der Waals surface area (Å²) in [5.41, 5.74) is 0.897. The van der Waals surface area contributed by atoms with E-state index >= 15 is 0 Å². The Morgan fingerprint density at radius 3 is 2.59 bits per heavy atom. The third-order valence-electron chi connectivity index (χ3n) is 3.43. The van der Waals surface area contributed by atoms with Crippen LogP contribution in [0.15, 0.2) is 42.6 Å². The number of thiazole rings is 1. The molecule has 0 aliphatic rings. The van der Waals surface area contributed by atoms with Crippen molar-refractivity contribution in [3.63, 3.8) is 0 Å². The van der Waals surface area contributed by atoms with Gasteiger partial charge in [0, 0.05) is 33.6 Å². The molecule has 3 rings (SSSR count). The molecule has 0 saturated heterocycles. The van der Waals surface area contributed by atoms with Gasteiger partial charge in [0.2, 0.25) is 0 Å². The molecule has 0 aliphatic heterocycles. The molecule has 1 N–H and O–H groups in total. The van der Waals surface area contributed by atoms with Crippen molar-refractivity contribution in [2.24, 2.45) is 0 Å². The molecule has 9 heteroatoms. The van der Waals surface area contributed by atoms with E-state index in [4.69, 9.17) is 51.1 Å². The number of hydrogen-bond acceptors (Lipinski definition) is 4. The molecule has 0 aliphatic carbocycles. The van der Waals surface area contributed by atoms with Crippen LogP contribution in [0.1, 0.15) is 10.4 Å². The number of ether oxygens (including phenoxy) is 1. The molecular formula is C18H12Cl4N2O2S. The number of rotatable bonds is 6. The predicted molar refractivity (Wildman–Crippen MR) is 112 cm³/mol. The summed E-state index contributed by atoms with van der Waals surface area (Å²) in [5, 5.41) is 5.20. The van der Waals surface area contributed by atoms with E-state index in [1.165, 1.54) is 11.3 Å². The third kappa shape index (κ3) is 5.74. The van der Waals surface area contributed by atoms with Crippen molar-refractivity contribution in [1.29, 1.82) is 0 Å². The second-order valence-electron chi connectivity index (χ2n) is 5.46. The molecule has 0 atom stereocenters. The number of aromatic nitrogens is 1. The van der Waals surface area contributed by atoms with Crippen molar-refractivity contribution in [2.75, 3.05) is 11.9 Å². The summed E-state index contributed by atoms with van der Waals surface area (Å²) in [7, 11) is 0. The fourth-order valence-electron chi connectivity index (χ4n) is 2.18. The highest BCUT2D eigenvalue weighted by atomic mass is 35.5. The minimum absolute atomic E-state index is 0.174. The maximum atomic E-state index is 12.0. The van der Waals surface area contributed by atoms with E-state index in [2.05, 4.69) is 10.3 Å². The lowest BCUT2D eigenvalue weighted by Crippen LogP contribution is -2.19. The summed E-state index contributed by atoms with van der Waals surface area (Å²) in [6, 6.07) is 10.1. The van der Waals surface area contributed by atoms with Crippen LogP contribution >= 0.6 is 57.7 Å². The van der Waals surface area contributed by atoms with E-state index in [0.29, 0.717) is 37.4 Å². The number of nitrogens with zero attached hydrogens (tertiary/aromatic N) is 1. The summed E-state index contributed by atoms with van der Waals surface area (Å²) in [6.07, 6.45) is 2.27. The van der Waals surface area contributed by atoms with Crippen molar-refractivity contribution in [3.05, 3.63) is 73.1 Å². The Labute approximate surface area is 180 Å². The van der Waals surface area contributed by atoms with Gasteiger partial charge in [0.05, 0.1) is 10.0 Å². The number of nitrogens with one attached hydrogen (secondary N) is 1. The highest BCUT2D eigenvalue weighted by molar-refractivity contribution is 7.15. The Hall–Kier alpha value is -1.50. The van der Waals surface area contributed by atoms with Gasteiger partial charge in [-0.3, -0.25) is 10.1 Å². The average molecular weight is 462 g/mol. The van der Waals surface area contributed by atoms with Gasteiger partial charge in [-0.2, -0.15) is 0 Å². The van der Waals surface area contributed by atoms with Gasteiger partial charge in [-0.25, -0.2) is 4.98 Å². The highest BCUT2D eigenvalue weighted by Gasteiger charge is 2.10. The fraction of sp³-hybridized carbons (Fsp3) is 0.111. The van der Waals surface area contributed by atoms with Gasteiger partial charge < -0.3 is 4.74 Å². The van der Waals surface area contributed by atoms with Crippen LogP contribution in [0.3, 0.4) is 0 Å². The first-order chi connectivity index (χ1) is 12.9. The zero-order valence-corrected chi connectivity index (χ0v) is 17.5. The van der Waals surface area contributed by atoms with Crippen LogP contribution in [0.5, 0.6) is 5.75 Å². The summed E-state index contributed by atoms with van der Waals surface area (Å²) in [6.45, 7) is -0.174. The number of halogens is 4. The van der Waals surface area contributed by atoms with Gasteiger partial charge >= 0.3 is 0 Å². The summed E-state index contributed by atoms with van der Waals surface area (Å²) < 4.78 is 5.40. The third-order valence-corrected chi connectivity index (χ3v) is 5.69. The Balaban J connectivity index is 1.56. The molecular weight excluding hydrogens is 450 g/mol. The molecule has 27 heavy (non-hydrogen) atoms. The molecule has 0 radical (unpaired) electrons. The minimum Gasteiger partial charge on any atom is -0.484 e. The first-order valence-electron chi connectivity index (χ1n) is 7.67. The van der Waals surface area contributed by atoms with Gasteiger partial charge in [0.25, 0.3) is 5.91 Å². The molecule has 3 aromatic rings. The first-order valence-corrected chi connectivity index (χ1v) is 10.00. The SMILES string of the molecule is O=C(COc1ccc(Cl)c(Cl)c1)Nc1ncc(Cc2cc(Cl)ccc2Cl)s1. The Morgan fingerprint density at radius 1 is 1.04 bits per heavy atom. The van der Waals surface area contributed by atoms with Crippen LogP contribution in [0, 0.1) is 0 Å². The van der Waals surface area contributed by atoms with Crippen molar-refractivity contribution < 1.29 is 9.53 Å². The van der Waals surface area contributed by atoms with Crippen LogP contribution in [0.25, 0.3) is 0 Å². The number of hydrogen-bond donors (Lipinski definition) is 1. The molecule has 2 aromatic carbocycles. The molecule has 0 fully saturated rings. The highest BCUT2D eigenvalue weighted by Crippen LogP contribution is 2.28. The average Bonchev–Trinajstić information content (AvgIpc) is 3.06. The van der Waals surface area contributed by atoms with Crippen LogP contribution in [-0.2, 0) is 11.2 Å².